The highest BCUT2D eigenvalue weighted by Gasteiger charge is 2.53. The summed E-state index contributed by atoms with van der Waals surface area (Å²) in [6.07, 6.45) is 6.03. The van der Waals surface area contributed by atoms with Gasteiger partial charge in [0.05, 0.1) is 41.0 Å². The van der Waals surface area contributed by atoms with Crippen molar-refractivity contribution in [1.29, 1.82) is 21.0 Å². The van der Waals surface area contributed by atoms with Gasteiger partial charge in [0.15, 0.2) is 0 Å². The molecule has 3 aromatic rings. The van der Waals surface area contributed by atoms with Crippen LogP contribution in [0.1, 0.15) is 23.6 Å². The van der Waals surface area contributed by atoms with Crippen LogP contribution in [0.2, 0.25) is 0 Å². The highest BCUT2D eigenvalue weighted by molar-refractivity contribution is 7.96. The molecule has 4 rings (SSSR count). The van der Waals surface area contributed by atoms with E-state index >= 15 is 0 Å². The zero-order valence-corrected chi connectivity index (χ0v) is 19.4. The van der Waals surface area contributed by atoms with Gasteiger partial charge in [-0.1, -0.05) is 13.0 Å². The van der Waals surface area contributed by atoms with Crippen molar-refractivity contribution >= 4 is 23.2 Å². The highest BCUT2D eigenvalue weighted by Crippen LogP contribution is 2.63. The maximum Gasteiger partial charge on any atom is 0.119 e. The van der Waals surface area contributed by atoms with Gasteiger partial charge in [-0.25, -0.2) is 0 Å². The van der Waals surface area contributed by atoms with Crippen molar-refractivity contribution in [3.05, 3.63) is 113 Å². The Kier molecular flexibility index (Phi) is 6.39. The van der Waals surface area contributed by atoms with Crippen LogP contribution in [0.15, 0.2) is 96.6 Å². The van der Waals surface area contributed by atoms with Crippen LogP contribution >= 0.6 is 7.26 Å². The van der Waals surface area contributed by atoms with E-state index in [-0.39, 0.29) is 11.6 Å². The number of hydrogen-bond acceptors (Lipinski definition) is 4. The molecule has 1 aliphatic rings. The third-order valence-electron chi connectivity index (χ3n) is 6.24. The van der Waals surface area contributed by atoms with Crippen LogP contribution in [0, 0.1) is 51.2 Å². The number of nitrogens with zero attached hydrogens (tertiary/aromatic N) is 4. The molecule has 1 aliphatic carbocycles. The lowest BCUT2D eigenvalue weighted by molar-refractivity contribution is 0.740. The van der Waals surface area contributed by atoms with Crippen molar-refractivity contribution < 1.29 is 0 Å². The number of hydrogen-bond donors (Lipinski definition) is 0. The van der Waals surface area contributed by atoms with Gasteiger partial charge in [-0.2, -0.15) is 21.0 Å². The summed E-state index contributed by atoms with van der Waals surface area (Å²) < 4.78 is 0. The molecule has 34 heavy (non-hydrogen) atoms. The molecule has 2 unspecified atom stereocenters. The first kappa shape index (κ1) is 22.7. The lowest BCUT2D eigenvalue weighted by Crippen LogP contribution is -2.41. The third-order valence-corrected chi connectivity index (χ3v) is 11.1. The molecule has 0 bridgehead atoms. The Bertz CT molecular complexity index is 1300. The van der Waals surface area contributed by atoms with Gasteiger partial charge in [0.2, 0.25) is 0 Å². The molecule has 160 valence electrons. The molecule has 3 aromatic carbocycles. The fraction of sp³-hybridized carbons (Fsp3) is 0.103. The second-order valence-corrected chi connectivity index (χ2v) is 11.7. The predicted octanol–water partition coefficient (Wildman–Crippen LogP) is 4.62. The maximum absolute atomic E-state index is 9.47. The largest absolute Gasteiger partial charge is 0.192 e. The standard InChI is InChI=1S/C29H20N4P/c1-21-16-25(20-33)8-15-29(21)34(26-9-2-22(17-30)3-10-26,27-11-4-23(18-31)5-12-27)28-13-6-24(19-32)7-14-28/h2-16,21,29H,1H3/q+1. The van der Waals surface area contributed by atoms with Crippen molar-refractivity contribution in [2.45, 2.75) is 12.6 Å². The topological polar surface area (TPSA) is 95.2 Å². The molecular formula is C29H20N4P+. The molecule has 0 N–H and O–H groups in total. The predicted molar refractivity (Wildman–Crippen MR) is 135 cm³/mol. The zero-order valence-electron chi connectivity index (χ0n) is 18.6. The molecule has 4 nitrogen and oxygen atoms in total. The van der Waals surface area contributed by atoms with Crippen LogP contribution in [0.4, 0.5) is 0 Å². The molecule has 0 aliphatic heterocycles. The van der Waals surface area contributed by atoms with Gasteiger partial charge in [0.1, 0.15) is 28.8 Å². The molecule has 0 radical (unpaired) electrons. The minimum Gasteiger partial charge on any atom is -0.192 e. The first-order valence-electron chi connectivity index (χ1n) is 10.8. The van der Waals surface area contributed by atoms with Gasteiger partial charge in [-0.05, 0) is 84.9 Å². The lowest BCUT2D eigenvalue weighted by Gasteiger charge is -2.36. The minimum atomic E-state index is -2.38. The summed E-state index contributed by atoms with van der Waals surface area (Å²) in [5, 5.41) is 40.9. The van der Waals surface area contributed by atoms with Crippen LogP contribution in [0.5, 0.6) is 0 Å². The second kappa shape index (κ2) is 9.57. The van der Waals surface area contributed by atoms with Gasteiger partial charge < -0.3 is 0 Å². The first-order chi connectivity index (χ1) is 16.6. The molecule has 0 aromatic heterocycles. The van der Waals surface area contributed by atoms with Gasteiger partial charge in [0, 0.05) is 11.5 Å². The van der Waals surface area contributed by atoms with E-state index < -0.39 is 7.26 Å². The lowest BCUT2D eigenvalue weighted by atomic mass is 9.98. The monoisotopic (exact) mass is 455 g/mol. The van der Waals surface area contributed by atoms with Crippen molar-refractivity contribution in [3.63, 3.8) is 0 Å². The Morgan fingerprint density at radius 1 is 0.588 bits per heavy atom. The summed E-state index contributed by atoms with van der Waals surface area (Å²) in [4.78, 5) is 0. The molecule has 0 saturated carbocycles. The summed E-state index contributed by atoms with van der Waals surface area (Å²) in [5.41, 5.74) is 2.43. The van der Waals surface area contributed by atoms with E-state index in [1.807, 2.05) is 84.9 Å². The van der Waals surface area contributed by atoms with Crippen LogP contribution < -0.4 is 15.9 Å². The molecular weight excluding hydrogens is 435 g/mol. The van der Waals surface area contributed by atoms with Gasteiger partial charge in [0.25, 0.3) is 0 Å². The average molecular weight is 455 g/mol. The molecule has 0 fully saturated rings. The Balaban J connectivity index is 2.07. The normalized spacial score (nSPS) is 16.9. The number of allylic oxidation sites excluding steroid dienone is 4. The second-order valence-electron chi connectivity index (χ2n) is 8.14. The fourth-order valence-electron chi connectivity index (χ4n) is 4.65. The number of rotatable bonds is 4. The van der Waals surface area contributed by atoms with Crippen molar-refractivity contribution in [2.24, 2.45) is 5.92 Å². The molecule has 0 saturated heterocycles. The number of nitriles is 4. The zero-order chi connectivity index (χ0) is 24.1. The van der Waals surface area contributed by atoms with E-state index in [4.69, 9.17) is 0 Å². The fourth-order valence-corrected chi connectivity index (χ4v) is 9.57. The summed E-state index contributed by atoms with van der Waals surface area (Å²) >= 11 is 0. The van der Waals surface area contributed by atoms with Crippen molar-refractivity contribution in [2.75, 3.05) is 0 Å². The summed E-state index contributed by atoms with van der Waals surface area (Å²) in [7, 11) is -2.38. The smallest absolute Gasteiger partial charge is 0.119 e. The summed E-state index contributed by atoms with van der Waals surface area (Å²) in [6, 6.07) is 32.0. The molecule has 5 heteroatoms. The van der Waals surface area contributed by atoms with Crippen molar-refractivity contribution in [1.82, 2.24) is 0 Å². The number of benzene rings is 3. The molecule has 0 spiro atoms. The molecule has 2 atom stereocenters. The van der Waals surface area contributed by atoms with Crippen LogP contribution in [-0.4, -0.2) is 5.66 Å². The SMILES string of the molecule is CC1C=C(C#N)C=CC1[P+](c1ccc(C#N)cc1)(c1ccc(C#N)cc1)c1ccc(C#N)cc1. The van der Waals surface area contributed by atoms with E-state index in [9.17, 15) is 21.0 Å². The maximum atomic E-state index is 9.47. The molecule has 0 amide bonds. The van der Waals surface area contributed by atoms with E-state index in [1.54, 1.807) is 0 Å². The Morgan fingerprint density at radius 3 is 1.26 bits per heavy atom. The molecule has 0 heterocycles. The van der Waals surface area contributed by atoms with Crippen LogP contribution in [-0.2, 0) is 0 Å². The summed E-state index contributed by atoms with van der Waals surface area (Å²) in [6.45, 7) is 2.12. The van der Waals surface area contributed by atoms with Gasteiger partial charge in [-0.15, -0.1) is 0 Å². The van der Waals surface area contributed by atoms with Gasteiger partial charge in [-0.3, -0.25) is 0 Å². The quantitative estimate of drug-likeness (QED) is 0.537. The van der Waals surface area contributed by atoms with Crippen LogP contribution in [0.3, 0.4) is 0 Å². The summed E-state index contributed by atoms with van der Waals surface area (Å²) in [5.74, 6) is 0.0647. The van der Waals surface area contributed by atoms with E-state index in [0.717, 1.165) is 15.9 Å². The van der Waals surface area contributed by atoms with Gasteiger partial charge >= 0.3 is 0 Å². The van der Waals surface area contributed by atoms with E-state index in [1.165, 1.54) is 0 Å². The Morgan fingerprint density at radius 2 is 0.971 bits per heavy atom. The Hall–Kier alpha value is -4.47. The van der Waals surface area contributed by atoms with E-state index in [0.29, 0.717) is 22.3 Å². The Labute approximate surface area is 200 Å². The minimum absolute atomic E-state index is 0.0402. The van der Waals surface area contributed by atoms with Crippen molar-refractivity contribution in [3.8, 4) is 24.3 Å². The average Bonchev–Trinajstić information content (AvgIpc) is 2.90. The van der Waals surface area contributed by atoms with E-state index in [2.05, 4.69) is 37.3 Å². The first-order valence-corrected chi connectivity index (χ1v) is 12.6. The van der Waals surface area contributed by atoms with Crippen LogP contribution in [0.25, 0.3) is 0 Å². The third kappa shape index (κ3) is 3.90. The highest BCUT2D eigenvalue weighted by atomic mass is 31.2.